The predicted molar refractivity (Wildman–Crippen MR) is 55.3 cm³/mol. The van der Waals surface area contributed by atoms with Crippen molar-refractivity contribution in [1.82, 2.24) is 15.2 Å². The second-order valence-corrected chi connectivity index (χ2v) is 3.69. The number of piperazine rings is 1. The minimum absolute atomic E-state index is 0.0415. The first-order valence-electron chi connectivity index (χ1n) is 4.87. The van der Waals surface area contributed by atoms with Crippen LogP contribution in [0.4, 0.5) is 0 Å². The Bertz CT molecular complexity index is 340. The summed E-state index contributed by atoms with van der Waals surface area (Å²) in [5.41, 5.74) is 1.12. The number of hydrogen-bond acceptors (Lipinski definition) is 3. The van der Waals surface area contributed by atoms with E-state index in [9.17, 15) is 4.79 Å². The summed E-state index contributed by atoms with van der Waals surface area (Å²) in [6.45, 7) is 3.03. The molecule has 4 nitrogen and oxygen atoms in total. The SMILES string of the molecule is CN1CCNCC1c1ccc(=O)[nH]c1. The average molecular weight is 193 g/mol. The Morgan fingerprint density at radius 2 is 2.36 bits per heavy atom. The zero-order valence-corrected chi connectivity index (χ0v) is 8.29. The van der Waals surface area contributed by atoms with Crippen LogP contribution in [-0.4, -0.2) is 36.6 Å². The van der Waals surface area contributed by atoms with E-state index in [0.29, 0.717) is 6.04 Å². The molecule has 2 rings (SSSR count). The molecule has 0 bridgehead atoms. The van der Waals surface area contributed by atoms with Crippen LogP contribution in [0.5, 0.6) is 0 Å². The van der Waals surface area contributed by atoms with Crippen LogP contribution in [0.25, 0.3) is 0 Å². The molecule has 0 aliphatic carbocycles. The topological polar surface area (TPSA) is 48.1 Å². The zero-order chi connectivity index (χ0) is 9.97. The summed E-state index contributed by atoms with van der Waals surface area (Å²) < 4.78 is 0. The van der Waals surface area contributed by atoms with Gasteiger partial charge in [0.05, 0.1) is 0 Å². The van der Waals surface area contributed by atoms with Gasteiger partial charge in [0.2, 0.25) is 5.56 Å². The van der Waals surface area contributed by atoms with E-state index in [-0.39, 0.29) is 5.56 Å². The maximum absolute atomic E-state index is 10.9. The van der Waals surface area contributed by atoms with Crippen molar-refractivity contribution in [2.24, 2.45) is 0 Å². The second kappa shape index (κ2) is 3.94. The highest BCUT2D eigenvalue weighted by atomic mass is 16.1. The Balaban J connectivity index is 2.20. The lowest BCUT2D eigenvalue weighted by molar-refractivity contribution is 0.202. The van der Waals surface area contributed by atoms with Gasteiger partial charge in [-0.05, 0) is 12.6 Å². The van der Waals surface area contributed by atoms with Crippen LogP contribution in [0.2, 0.25) is 0 Å². The average Bonchev–Trinajstić information content (AvgIpc) is 2.20. The first-order valence-corrected chi connectivity index (χ1v) is 4.87. The number of pyridine rings is 1. The molecular weight excluding hydrogens is 178 g/mol. The Labute approximate surface area is 82.9 Å². The van der Waals surface area contributed by atoms with Crippen molar-refractivity contribution in [2.45, 2.75) is 6.04 Å². The van der Waals surface area contributed by atoms with Crippen molar-refractivity contribution in [2.75, 3.05) is 26.7 Å². The maximum atomic E-state index is 10.9. The van der Waals surface area contributed by atoms with Crippen LogP contribution in [0, 0.1) is 0 Å². The number of nitrogens with zero attached hydrogens (tertiary/aromatic N) is 1. The van der Waals surface area contributed by atoms with E-state index in [1.54, 1.807) is 12.3 Å². The van der Waals surface area contributed by atoms with E-state index in [4.69, 9.17) is 0 Å². The maximum Gasteiger partial charge on any atom is 0.247 e. The molecule has 0 amide bonds. The van der Waals surface area contributed by atoms with E-state index in [1.165, 1.54) is 5.56 Å². The molecule has 1 fully saturated rings. The molecule has 4 heteroatoms. The van der Waals surface area contributed by atoms with E-state index in [0.717, 1.165) is 19.6 Å². The van der Waals surface area contributed by atoms with Crippen LogP contribution < -0.4 is 10.9 Å². The molecule has 0 spiro atoms. The van der Waals surface area contributed by atoms with Gasteiger partial charge in [-0.25, -0.2) is 0 Å². The highest BCUT2D eigenvalue weighted by Gasteiger charge is 2.19. The number of likely N-dealkylation sites (N-methyl/N-ethyl adjacent to an activating group) is 1. The van der Waals surface area contributed by atoms with Gasteiger partial charge in [0.15, 0.2) is 0 Å². The molecule has 1 atom stereocenters. The van der Waals surface area contributed by atoms with Crippen LogP contribution in [0.1, 0.15) is 11.6 Å². The van der Waals surface area contributed by atoms with E-state index in [2.05, 4.69) is 22.2 Å². The van der Waals surface area contributed by atoms with E-state index >= 15 is 0 Å². The zero-order valence-electron chi connectivity index (χ0n) is 8.29. The van der Waals surface area contributed by atoms with Gasteiger partial charge in [-0.3, -0.25) is 9.69 Å². The standard InChI is InChI=1S/C10H15N3O/c1-13-5-4-11-7-9(13)8-2-3-10(14)12-6-8/h2-3,6,9,11H,4-5,7H2,1H3,(H,12,14). The molecule has 1 aliphatic heterocycles. The fourth-order valence-electron chi connectivity index (χ4n) is 1.81. The van der Waals surface area contributed by atoms with Gasteiger partial charge in [-0.15, -0.1) is 0 Å². The molecule has 1 saturated heterocycles. The summed E-state index contributed by atoms with van der Waals surface area (Å²) in [6.07, 6.45) is 1.80. The molecule has 14 heavy (non-hydrogen) atoms. The number of aromatic amines is 1. The van der Waals surface area contributed by atoms with Crippen LogP contribution in [0.3, 0.4) is 0 Å². The molecular formula is C10H15N3O. The largest absolute Gasteiger partial charge is 0.329 e. The Morgan fingerprint density at radius 3 is 3.00 bits per heavy atom. The molecule has 1 aliphatic rings. The number of hydrogen-bond donors (Lipinski definition) is 2. The quantitative estimate of drug-likeness (QED) is 0.657. The van der Waals surface area contributed by atoms with Gasteiger partial charge in [0, 0.05) is 37.9 Å². The highest BCUT2D eigenvalue weighted by molar-refractivity contribution is 5.15. The van der Waals surface area contributed by atoms with Crippen LogP contribution in [0.15, 0.2) is 23.1 Å². The van der Waals surface area contributed by atoms with Gasteiger partial charge in [0.25, 0.3) is 0 Å². The van der Waals surface area contributed by atoms with Crippen molar-refractivity contribution >= 4 is 0 Å². The van der Waals surface area contributed by atoms with Gasteiger partial charge in [-0.2, -0.15) is 0 Å². The fourth-order valence-corrected chi connectivity index (χ4v) is 1.81. The lowest BCUT2D eigenvalue weighted by Gasteiger charge is -2.33. The molecule has 2 N–H and O–H groups in total. The fraction of sp³-hybridized carbons (Fsp3) is 0.500. The van der Waals surface area contributed by atoms with Crippen molar-refractivity contribution in [1.29, 1.82) is 0 Å². The lowest BCUT2D eigenvalue weighted by Crippen LogP contribution is -2.43. The summed E-state index contributed by atoms with van der Waals surface area (Å²) in [4.78, 5) is 15.9. The number of nitrogens with one attached hydrogen (secondary N) is 2. The Kier molecular flexibility index (Phi) is 2.65. The molecule has 1 aromatic heterocycles. The van der Waals surface area contributed by atoms with Gasteiger partial charge < -0.3 is 10.3 Å². The molecule has 1 aromatic rings. The third kappa shape index (κ3) is 1.86. The lowest BCUT2D eigenvalue weighted by atomic mass is 10.1. The molecule has 0 aromatic carbocycles. The summed E-state index contributed by atoms with van der Waals surface area (Å²) in [6, 6.07) is 3.85. The molecule has 0 saturated carbocycles. The van der Waals surface area contributed by atoms with Crippen molar-refractivity contribution in [3.05, 3.63) is 34.2 Å². The Morgan fingerprint density at radius 1 is 1.50 bits per heavy atom. The Hall–Kier alpha value is -1.13. The molecule has 1 unspecified atom stereocenters. The molecule has 76 valence electrons. The summed E-state index contributed by atoms with van der Waals surface area (Å²) in [5, 5.41) is 3.34. The summed E-state index contributed by atoms with van der Waals surface area (Å²) in [5.74, 6) is 0. The summed E-state index contributed by atoms with van der Waals surface area (Å²) in [7, 11) is 2.11. The number of H-pyrrole nitrogens is 1. The van der Waals surface area contributed by atoms with Gasteiger partial charge in [-0.1, -0.05) is 6.07 Å². The van der Waals surface area contributed by atoms with E-state index < -0.39 is 0 Å². The third-order valence-corrected chi connectivity index (χ3v) is 2.70. The first kappa shape index (κ1) is 9.43. The molecule has 2 heterocycles. The highest BCUT2D eigenvalue weighted by Crippen LogP contribution is 2.18. The van der Waals surface area contributed by atoms with Gasteiger partial charge >= 0.3 is 0 Å². The van der Waals surface area contributed by atoms with E-state index in [1.807, 2.05) is 6.07 Å². The second-order valence-electron chi connectivity index (χ2n) is 3.69. The first-order chi connectivity index (χ1) is 6.77. The third-order valence-electron chi connectivity index (χ3n) is 2.70. The minimum atomic E-state index is -0.0415. The number of rotatable bonds is 1. The van der Waals surface area contributed by atoms with Crippen molar-refractivity contribution < 1.29 is 0 Å². The van der Waals surface area contributed by atoms with Gasteiger partial charge in [0.1, 0.15) is 0 Å². The van der Waals surface area contributed by atoms with Crippen molar-refractivity contribution in [3.63, 3.8) is 0 Å². The molecule has 0 radical (unpaired) electrons. The minimum Gasteiger partial charge on any atom is -0.329 e. The van der Waals surface area contributed by atoms with Crippen LogP contribution in [-0.2, 0) is 0 Å². The smallest absolute Gasteiger partial charge is 0.247 e. The van der Waals surface area contributed by atoms with Crippen LogP contribution >= 0.6 is 0 Å². The number of aromatic nitrogens is 1. The predicted octanol–water partition coefficient (Wildman–Crippen LogP) is -0.0490. The monoisotopic (exact) mass is 193 g/mol. The van der Waals surface area contributed by atoms with Crippen molar-refractivity contribution in [3.8, 4) is 0 Å². The normalized spacial score (nSPS) is 23.6. The summed E-state index contributed by atoms with van der Waals surface area (Å²) >= 11 is 0.